The maximum atomic E-state index is 12.4. The predicted molar refractivity (Wildman–Crippen MR) is 123 cm³/mol. The molecule has 4 rings (SSSR count). The van der Waals surface area contributed by atoms with Crippen LogP contribution in [-0.2, 0) is 11.3 Å². The third kappa shape index (κ3) is 6.06. The Morgan fingerprint density at radius 1 is 1.12 bits per heavy atom. The van der Waals surface area contributed by atoms with Gasteiger partial charge in [0, 0.05) is 29.7 Å². The monoisotopic (exact) mass is 449 g/mol. The van der Waals surface area contributed by atoms with Gasteiger partial charge in [0.2, 0.25) is 11.8 Å². The van der Waals surface area contributed by atoms with Crippen molar-refractivity contribution >= 4 is 23.3 Å². The summed E-state index contributed by atoms with van der Waals surface area (Å²) in [4.78, 5) is 32.9. The summed E-state index contributed by atoms with van der Waals surface area (Å²) in [6.07, 6.45) is 9.21. The third-order valence-corrected chi connectivity index (χ3v) is 5.49. The molecule has 1 unspecified atom stereocenters. The molecule has 172 valence electrons. The van der Waals surface area contributed by atoms with Gasteiger partial charge in [-0.05, 0) is 62.9 Å². The molecule has 10 heteroatoms. The first-order chi connectivity index (χ1) is 16.1. The van der Waals surface area contributed by atoms with E-state index < -0.39 is 6.04 Å². The fraction of sp³-hybridized carbons (Fsp3) is 0.348. The highest BCUT2D eigenvalue weighted by atomic mass is 16.5. The number of rotatable bonds is 8. The van der Waals surface area contributed by atoms with Crippen molar-refractivity contribution in [1.82, 2.24) is 25.1 Å². The number of urea groups is 1. The quantitative estimate of drug-likeness (QED) is 0.484. The van der Waals surface area contributed by atoms with Crippen molar-refractivity contribution in [2.75, 3.05) is 10.6 Å². The molecule has 3 N–H and O–H groups in total. The molecule has 1 fully saturated rings. The lowest BCUT2D eigenvalue weighted by Crippen LogP contribution is -2.28. The zero-order chi connectivity index (χ0) is 23.0. The minimum Gasteiger partial charge on any atom is -0.474 e. The second kappa shape index (κ2) is 10.6. The highest BCUT2D eigenvalue weighted by molar-refractivity contribution is 5.94. The molecule has 0 bridgehead atoms. The largest absolute Gasteiger partial charge is 0.474 e. The lowest BCUT2D eigenvalue weighted by Gasteiger charge is -2.16. The lowest BCUT2D eigenvalue weighted by atomic mass is 10.2. The average molecular weight is 450 g/mol. The first-order valence-electron chi connectivity index (χ1n) is 11.0. The van der Waals surface area contributed by atoms with E-state index in [4.69, 9.17) is 4.74 Å². The number of aromatic nitrogens is 4. The molecule has 0 radical (unpaired) electrons. The Labute approximate surface area is 191 Å². The minimum absolute atomic E-state index is 0.200. The highest BCUT2D eigenvalue weighted by Gasteiger charge is 2.19. The van der Waals surface area contributed by atoms with Crippen molar-refractivity contribution in [1.29, 1.82) is 0 Å². The van der Waals surface area contributed by atoms with Crippen molar-refractivity contribution < 1.29 is 14.3 Å². The number of ether oxygens (including phenoxy) is 1. The predicted octanol–water partition coefficient (Wildman–Crippen LogP) is 3.52. The first-order valence-corrected chi connectivity index (χ1v) is 11.0. The summed E-state index contributed by atoms with van der Waals surface area (Å²) in [6.45, 7) is 2.03. The van der Waals surface area contributed by atoms with E-state index in [-0.39, 0.29) is 18.0 Å². The van der Waals surface area contributed by atoms with Crippen molar-refractivity contribution in [3.63, 3.8) is 0 Å². The van der Waals surface area contributed by atoms with E-state index in [1.54, 1.807) is 37.4 Å². The van der Waals surface area contributed by atoms with Gasteiger partial charge in [-0.3, -0.25) is 4.79 Å². The van der Waals surface area contributed by atoms with Crippen molar-refractivity contribution in [3.8, 4) is 5.88 Å². The Balaban J connectivity index is 1.26. The van der Waals surface area contributed by atoms with Gasteiger partial charge in [-0.1, -0.05) is 6.07 Å². The van der Waals surface area contributed by atoms with Crippen LogP contribution in [0.15, 0.2) is 55.2 Å². The number of nitrogens with zero attached hydrogens (tertiary/aromatic N) is 4. The number of carbonyl (C=O) groups is 2. The second-order valence-electron chi connectivity index (χ2n) is 7.92. The molecule has 1 aliphatic rings. The summed E-state index contributed by atoms with van der Waals surface area (Å²) in [6, 6.07) is 9.75. The zero-order valence-corrected chi connectivity index (χ0v) is 18.4. The molecule has 0 spiro atoms. The molecule has 1 saturated carbocycles. The summed E-state index contributed by atoms with van der Waals surface area (Å²) in [5.41, 5.74) is 2.05. The molecule has 1 aromatic carbocycles. The van der Waals surface area contributed by atoms with Crippen LogP contribution >= 0.6 is 0 Å². The summed E-state index contributed by atoms with van der Waals surface area (Å²) in [5, 5.41) is 12.4. The highest BCUT2D eigenvalue weighted by Crippen LogP contribution is 2.25. The zero-order valence-electron chi connectivity index (χ0n) is 18.4. The number of pyridine rings is 1. The van der Waals surface area contributed by atoms with Gasteiger partial charge in [-0.2, -0.15) is 5.10 Å². The number of hydrogen-bond donors (Lipinski definition) is 3. The molecule has 0 aliphatic heterocycles. The molecule has 2 aromatic heterocycles. The number of carbonyl (C=O) groups excluding carboxylic acids is 2. The van der Waals surface area contributed by atoms with Crippen LogP contribution < -0.4 is 20.7 Å². The summed E-state index contributed by atoms with van der Waals surface area (Å²) < 4.78 is 7.49. The molecule has 3 aromatic rings. The summed E-state index contributed by atoms with van der Waals surface area (Å²) in [7, 11) is 0. The molecular weight excluding hydrogens is 422 g/mol. The number of nitrogens with one attached hydrogen (secondary N) is 3. The van der Waals surface area contributed by atoms with Crippen LogP contribution in [0.4, 0.5) is 16.2 Å². The molecule has 3 amide bonds. The van der Waals surface area contributed by atoms with E-state index in [9.17, 15) is 9.59 Å². The number of hydrogen-bond acceptors (Lipinski definition) is 6. The third-order valence-electron chi connectivity index (χ3n) is 5.49. The minimum atomic E-state index is -0.494. The molecular formula is C23H27N7O3. The Hall–Kier alpha value is -3.95. The van der Waals surface area contributed by atoms with Gasteiger partial charge in [0.1, 0.15) is 24.8 Å². The summed E-state index contributed by atoms with van der Waals surface area (Å²) in [5.74, 6) is 0.357. The van der Waals surface area contributed by atoms with Crippen molar-refractivity contribution in [2.24, 2.45) is 0 Å². The fourth-order valence-corrected chi connectivity index (χ4v) is 3.60. The Bertz CT molecular complexity index is 1060. The van der Waals surface area contributed by atoms with E-state index in [1.165, 1.54) is 30.2 Å². The number of amides is 3. The van der Waals surface area contributed by atoms with Crippen LogP contribution in [0.25, 0.3) is 0 Å². The molecule has 2 heterocycles. The van der Waals surface area contributed by atoms with Gasteiger partial charge in [0.05, 0.1) is 0 Å². The Morgan fingerprint density at radius 3 is 2.55 bits per heavy atom. The van der Waals surface area contributed by atoms with Crippen LogP contribution in [0.5, 0.6) is 5.88 Å². The SMILES string of the molecule is CC(C(=O)Nc1ccc(NC(=O)NCc2cccnc2OC2CCCC2)cc1)n1cncn1. The Kier molecular flexibility index (Phi) is 7.13. The molecule has 1 atom stereocenters. The van der Waals surface area contributed by atoms with Crippen LogP contribution in [0.1, 0.15) is 44.2 Å². The smallest absolute Gasteiger partial charge is 0.319 e. The second-order valence-corrected chi connectivity index (χ2v) is 7.92. The van der Waals surface area contributed by atoms with Crippen molar-refractivity contribution in [2.45, 2.75) is 51.3 Å². The number of anilines is 2. The molecule has 10 nitrogen and oxygen atoms in total. The average Bonchev–Trinajstić information content (AvgIpc) is 3.54. The maximum absolute atomic E-state index is 12.4. The first kappa shape index (κ1) is 22.3. The van der Waals surface area contributed by atoms with E-state index in [2.05, 4.69) is 31.0 Å². The topological polar surface area (TPSA) is 123 Å². The van der Waals surface area contributed by atoms with Crippen LogP contribution in [0.3, 0.4) is 0 Å². The van der Waals surface area contributed by atoms with E-state index in [0.717, 1.165) is 18.4 Å². The number of benzene rings is 1. The van der Waals surface area contributed by atoms with Crippen LogP contribution in [-0.4, -0.2) is 37.8 Å². The normalized spacial score (nSPS) is 14.5. The van der Waals surface area contributed by atoms with Gasteiger partial charge in [-0.25, -0.2) is 19.4 Å². The molecule has 1 aliphatic carbocycles. The van der Waals surface area contributed by atoms with E-state index in [0.29, 0.717) is 23.8 Å². The van der Waals surface area contributed by atoms with Crippen LogP contribution in [0.2, 0.25) is 0 Å². The van der Waals surface area contributed by atoms with E-state index in [1.807, 2.05) is 12.1 Å². The van der Waals surface area contributed by atoms with Crippen LogP contribution in [0, 0.1) is 0 Å². The van der Waals surface area contributed by atoms with E-state index >= 15 is 0 Å². The van der Waals surface area contributed by atoms with Gasteiger partial charge in [0.15, 0.2) is 0 Å². The van der Waals surface area contributed by atoms with Gasteiger partial charge in [0.25, 0.3) is 0 Å². The molecule has 33 heavy (non-hydrogen) atoms. The van der Waals surface area contributed by atoms with Gasteiger partial charge >= 0.3 is 6.03 Å². The Morgan fingerprint density at radius 2 is 1.85 bits per heavy atom. The van der Waals surface area contributed by atoms with Gasteiger partial charge in [-0.15, -0.1) is 0 Å². The molecule has 0 saturated heterocycles. The maximum Gasteiger partial charge on any atom is 0.319 e. The fourth-order valence-electron chi connectivity index (χ4n) is 3.60. The summed E-state index contributed by atoms with van der Waals surface area (Å²) >= 11 is 0. The van der Waals surface area contributed by atoms with Crippen molar-refractivity contribution in [3.05, 3.63) is 60.8 Å². The van der Waals surface area contributed by atoms with Gasteiger partial charge < -0.3 is 20.7 Å². The lowest BCUT2D eigenvalue weighted by molar-refractivity contribution is -0.119. The standard InChI is InChI=1S/C23H27N7O3/c1-16(30-15-24-14-27-30)21(31)28-18-8-10-19(11-9-18)29-23(32)26-13-17-5-4-12-25-22(17)33-20-6-2-3-7-20/h4-5,8-12,14-16,20H,2-3,6-7,13H2,1H3,(H,28,31)(H2,26,29,32).